The number of nitrogen functional groups attached to an aromatic ring is 1. The highest BCUT2D eigenvalue weighted by atomic mass is 35.5. The first-order valence-corrected chi connectivity index (χ1v) is 6.19. The molecular weight excluding hydrogens is 262 g/mol. The Morgan fingerprint density at radius 3 is 2.58 bits per heavy atom. The van der Waals surface area contributed by atoms with Gasteiger partial charge in [-0.2, -0.15) is 5.10 Å². The second-order valence-corrected chi connectivity index (χ2v) is 4.68. The van der Waals surface area contributed by atoms with Gasteiger partial charge < -0.3 is 10.2 Å². The Morgan fingerprint density at radius 1 is 1.21 bits per heavy atom. The Balaban J connectivity index is 2.19. The van der Waals surface area contributed by atoms with Gasteiger partial charge in [-0.1, -0.05) is 29.8 Å². The van der Waals surface area contributed by atoms with Gasteiger partial charge in [0.25, 0.3) is 0 Å². The summed E-state index contributed by atoms with van der Waals surface area (Å²) in [5.41, 5.74) is 10.5. The second kappa shape index (κ2) is 4.48. The van der Waals surface area contributed by atoms with Crippen LogP contribution in [0.5, 0.6) is 0 Å². The number of furan rings is 1. The van der Waals surface area contributed by atoms with Crippen molar-refractivity contribution in [1.29, 1.82) is 0 Å². The quantitative estimate of drug-likeness (QED) is 0.744. The number of aromatic nitrogens is 2. The molecule has 96 valence electrons. The minimum atomic E-state index is 0.317. The van der Waals surface area contributed by atoms with Crippen molar-refractivity contribution in [3.05, 3.63) is 47.4 Å². The Labute approximate surface area is 115 Å². The van der Waals surface area contributed by atoms with E-state index in [0.717, 1.165) is 22.4 Å². The van der Waals surface area contributed by atoms with E-state index in [4.69, 9.17) is 21.8 Å². The molecule has 0 saturated carbocycles. The number of nitrogens with two attached hydrogens (primary N) is 1. The number of hydrogen-bond donors (Lipinski definition) is 2. The van der Waals surface area contributed by atoms with Gasteiger partial charge in [0, 0.05) is 0 Å². The summed E-state index contributed by atoms with van der Waals surface area (Å²) in [7, 11) is 0. The molecule has 19 heavy (non-hydrogen) atoms. The van der Waals surface area contributed by atoms with E-state index < -0.39 is 0 Å². The first-order valence-electron chi connectivity index (χ1n) is 5.81. The lowest BCUT2D eigenvalue weighted by molar-refractivity contribution is 0.570. The summed E-state index contributed by atoms with van der Waals surface area (Å²) >= 11 is 6.01. The number of nitrogens with one attached hydrogen (secondary N) is 1. The topological polar surface area (TPSA) is 67.8 Å². The van der Waals surface area contributed by atoms with Crippen LogP contribution in [0.3, 0.4) is 0 Å². The summed E-state index contributed by atoms with van der Waals surface area (Å²) in [5, 5.41) is 7.29. The molecule has 2 aromatic heterocycles. The van der Waals surface area contributed by atoms with E-state index in [2.05, 4.69) is 10.2 Å². The summed E-state index contributed by atoms with van der Waals surface area (Å²) in [4.78, 5) is 0. The lowest BCUT2D eigenvalue weighted by Crippen LogP contribution is -1.88. The average Bonchev–Trinajstić information content (AvgIpc) is 2.97. The van der Waals surface area contributed by atoms with E-state index in [0.29, 0.717) is 11.0 Å². The average molecular weight is 274 g/mol. The van der Waals surface area contributed by atoms with Crippen LogP contribution in [0.4, 0.5) is 5.82 Å². The van der Waals surface area contributed by atoms with Crippen LogP contribution in [0.2, 0.25) is 5.22 Å². The lowest BCUT2D eigenvalue weighted by Gasteiger charge is -2.04. The Kier molecular flexibility index (Phi) is 2.80. The lowest BCUT2D eigenvalue weighted by atomic mass is 10.0. The Morgan fingerprint density at radius 2 is 1.95 bits per heavy atom. The normalized spacial score (nSPS) is 10.8. The van der Waals surface area contributed by atoms with Crippen molar-refractivity contribution >= 4 is 17.4 Å². The van der Waals surface area contributed by atoms with Crippen molar-refractivity contribution in [3.63, 3.8) is 0 Å². The fourth-order valence-corrected chi connectivity index (χ4v) is 2.24. The molecule has 3 aromatic rings. The van der Waals surface area contributed by atoms with E-state index in [1.165, 1.54) is 11.8 Å². The van der Waals surface area contributed by atoms with Crippen LogP contribution < -0.4 is 5.73 Å². The van der Waals surface area contributed by atoms with Crippen molar-refractivity contribution in [2.45, 2.75) is 6.92 Å². The summed E-state index contributed by atoms with van der Waals surface area (Å²) in [6, 6.07) is 9.86. The third-order valence-corrected chi connectivity index (χ3v) is 3.31. The maximum Gasteiger partial charge on any atom is 0.202 e. The molecule has 5 heteroatoms. The summed E-state index contributed by atoms with van der Waals surface area (Å²) in [6.45, 7) is 2.04. The molecule has 4 nitrogen and oxygen atoms in total. The van der Waals surface area contributed by atoms with Gasteiger partial charge in [-0.3, -0.25) is 5.10 Å². The number of aromatic amines is 1. The predicted molar refractivity (Wildman–Crippen MR) is 75.9 cm³/mol. The number of rotatable bonds is 2. The number of anilines is 1. The van der Waals surface area contributed by atoms with Crippen LogP contribution in [0.25, 0.3) is 22.4 Å². The first kappa shape index (κ1) is 11.9. The zero-order valence-corrected chi connectivity index (χ0v) is 11.0. The molecule has 3 N–H and O–H groups in total. The van der Waals surface area contributed by atoms with Crippen molar-refractivity contribution < 1.29 is 4.42 Å². The maximum absolute atomic E-state index is 6.01. The number of nitrogens with zero attached hydrogens (tertiary/aromatic N) is 1. The van der Waals surface area contributed by atoms with Gasteiger partial charge in [0.1, 0.15) is 0 Å². The van der Waals surface area contributed by atoms with Crippen molar-refractivity contribution in [3.8, 4) is 22.4 Å². The predicted octanol–water partition coefficient (Wildman–Crippen LogP) is 3.88. The molecule has 0 saturated heterocycles. The molecule has 0 radical (unpaired) electrons. The minimum absolute atomic E-state index is 0.317. The fraction of sp³-hybridized carbons (Fsp3) is 0.0714. The van der Waals surface area contributed by atoms with E-state index in [1.807, 2.05) is 31.2 Å². The van der Waals surface area contributed by atoms with Crippen molar-refractivity contribution in [2.75, 3.05) is 5.73 Å². The van der Waals surface area contributed by atoms with Crippen LogP contribution in [0, 0.1) is 6.92 Å². The largest absolute Gasteiger partial charge is 0.452 e. The van der Waals surface area contributed by atoms with Crippen LogP contribution in [0.15, 0.2) is 41.0 Å². The molecule has 0 atom stereocenters. The summed E-state index contributed by atoms with van der Waals surface area (Å²) in [5.74, 6) is 0.441. The molecule has 0 amide bonds. The molecule has 0 aliphatic rings. The van der Waals surface area contributed by atoms with E-state index >= 15 is 0 Å². The second-order valence-electron chi connectivity index (χ2n) is 4.33. The molecule has 1 aromatic carbocycles. The van der Waals surface area contributed by atoms with Gasteiger partial charge in [-0.25, -0.2) is 0 Å². The van der Waals surface area contributed by atoms with Crippen LogP contribution in [0.1, 0.15) is 5.56 Å². The highest BCUT2D eigenvalue weighted by Crippen LogP contribution is 2.38. The third-order valence-electron chi connectivity index (χ3n) is 3.02. The molecule has 0 aliphatic carbocycles. The molecule has 0 unspecified atom stereocenters. The molecule has 3 rings (SSSR count). The number of benzene rings is 1. The number of aryl methyl sites for hydroxylation is 1. The van der Waals surface area contributed by atoms with Crippen LogP contribution >= 0.6 is 11.6 Å². The van der Waals surface area contributed by atoms with Crippen molar-refractivity contribution in [2.24, 2.45) is 0 Å². The SMILES string of the molecule is Cc1ccc(-c2c(N)n[nH]c2-c2ccoc2Cl)cc1. The van der Waals surface area contributed by atoms with E-state index in [-0.39, 0.29) is 0 Å². The van der Waals surface area contributed by atoms with Gasteiger partial charge in [0.2, 0.25) is 5.22 Å². The molecule has 0 fully saturated rings. The number of H-pyrrole nitrogens is 1. The molecule has 0 spiro atoms. The maximum atomic E-state index is 6.01. The smallest absolute Gasteiger partial charge is 0.202 e. The molecule has 2 heterocycles. The summed E-state index contributed by atoms with van der Waals surface area (Å²) < 4.78 is 5.11. The molecular formula is C14H12ClN3O. The van der Waals surface area contributed by atoms with E-state index in [9.17, 15) is 0 Å². The van der Waals surface area contributed by atoms with Gasteiger partial charge >= 0.3 is 0 Å². The van der Waals surface area contributed by atoms with E-state index in [1.54, 1.807) is 6.07 Å². The Bertz CT molecular complexity index is 713. The highest BCUT2D eigenvalue weighted by Gasteiger charge is 2.18. The summed E-state index contributed by atoms with van der Waals surface area (Å²) in [6.07, 6.45) is 1.54. The number of hydrogen-bond acceptors (Lipinski definition) is 3. The standard InChI is InChI=1S/C14H12ClN3O/c1-8-2-4-9(5-3-8)11-12(17-18-14(11)16)10-6-7-19-13(10)15/h2-7H,1H3,(H3,16,17,18). The van der Waals surface area contributed by atoms with Crippen LogP contribution in [-0.2, 0) is 0 Å². The minimum Gasteiger partial charge on any atom is -0.452 e. The zero-order chi connectivity index (χ0) is 13.4. The zero-order valence-electron chi connectivity index (χ0n) is 10.3. The number of halogens is 1. The van der Waals surface area contributed by atoms with Gasteiger partial charge in [-0.05, 0) is 30.2 Å². The molecule has 0 aliphatic heterocycles. The van der Waals surface area contributed by atoms with Crippen molar-refractivity contribution in [1.82, 2.24) is 10.2 Å². The van der Waals surface area contributed by atoms with Gasteiger partial charge in [-0.15, -0.1) is 0 Å². The van der Waals surface area contributed by atoms with Gasteiger partial charge in [0.15, 0.2) is 5.82 Å². The molecule has 0 bridgehead atoms. The fourth-order valence-electron chi connectivity index (χ4n) is 2.04. The third kappa shape index (κ3) is 2.00. The monoisotopic (exact) mass is 273 g/mol. The highest BCUT2D eigenvalue weighted by molar-refractivity contribution is 6.31. The Hall–Kier alpha value is -2.20. The van der Waals surface area contributed by atoms with Gasteiger partial charge in [0.05, 0.1) is 23.1 Å². The van der Waals surface area contributed by atoms with Crippen LogP contribution in [-0.4, -0.2) is 10.2 Å². The first-order chi connectivity index (χ1) is 9.16.